The topological polar surface area (TPSA) is 67.2 Å². The summed E-state index contributed by atoms with van der Waals surface area (Å²) < 4.78 is 1.87. The summed E-state index contributed by atoms with van der Waals surface area (Å²) in [5, 5.41) is 7.55. The number of aryl methyl sites for hydroxylation is 1. The normalized spacial score (nSPS) is 12.5. The van der Waals surface area contributed by atoms with Crippen LogP contribution < -0.4 is 5.32 Å². The highest BCUT2D eigenvalue weighted by Crippen LogP contribution is 2.28. The number of benzene rings is 2. The summed E-state index contributed by atoms with van der Waals surface area (Å²) in [5.41, 5.74) is 6.41. The van der Waals surface area contributed by atoms with Crippen LogP contribution in [0.25, 0.3) is 5.69 Å². The highest BCUT2D eigenvalue weighted by Gasteiger charge is 2.29. The van der Waals surface area contributed by atoms with Gasteiger partial charge < -0.3 is 10.2 Å². The largest absolute Gasteiger partial charge is 0.331 e. The van der Waals surface area contributed by atoms with Gasteiger partial charge in [-0.1, -0.05) is 30.3 Å². The highest BCUT2D eigenvalue weighted by molar-refractivity contribution is 5.99. The minimum absolute atomic E-state index is 0.0286. The number of amides is 2. The maximum absolute atomic E-state index is 13.1. The number of likely N-dealkylation sites (N-methyl/N-ethyl adjacent to an activating group) is 1. The van der Waals surface area contributed by atoms with E-state index >= 15 is 0 Å². The quantitative estimate of drug-likeness (QED) is 0.708. The predicted molar refractivity (Wildman–Crippen MR) is 117 cm³/mol. The van der Waals surface area contributed by atoms with Crippen molar-refractivity contribution in [3.63, 3.8) is 0 Å². The van der Waals surface area contributed by atoms with Crippen LogP contribution in [0.15, 0.2) is 48.5 Å². The molecule has 30 heavy (non-hydrogen) atoms. The minimum atomic E-state index is -0.223. The van der Waals surface area contributed by atoms with Crippen LogP contribution in [-0.4, -0.2) is 40.1 Å². The number of carbonyl (C=O) groups excluding carboxylic acids is 2. The number of carbonyl (C=O) groups is 2. The van der Waals surface area contributed by atoms with E-state index in [2.05, 4.69) is 10.4 Å². The molecular weight excluding hydrogens is 376 g/mol. The van der Waals surface area contributed by atoms with Crippen molar-refractivity contribution in [1.29, 1.82) is 0 Å². The number of fused-ring (bicyclic) bond motifs is 1. The van der Waals surface area contributed by atoms with E-state index in [0.29, 0.717) is 5.69 Å². The molecule has 6 nitrogen and oxygen atoms in total. The molecule has 0 spiro atoms. The molecule has 154 valence electrons. The first-order valence-corrected chi connectivity index (χ1v) is 10.2. The Morgan fingerprint density at radius 1 is 1.07 bits per heavy atom. The van der Waals surface area contributed by atoms with E-state index in [0.717, 1.165) is 53.0 Å². The molecule has 1 aromatic heterocycles. The van der Waals surface area contributed by atoms with E-state index in [-0.39, 0.29) is 18.4 Å². The van der Waals surface area contributed by atoms with E-state index in [4.69, 9.17) is 0 Å². The van der Waals surface area contributed by atoms with E-state index in [1.165, 1.54) is 4.90 Å². The lowest BCUT2D eigenvalue weighted by molar-refractivity contribution is -0.116. The third-order valence-corrected chi connectivity index (χ3v) is 5.74. The van der Waals surface area contributed by atoms with Gasteiger partial charge in [0.1, 0.15) is 0 Å². The van der Waals surface area contributed by atoms with E-state index in [1.807, 2.05) is 67.1 Å². The first kappa shape index (κ1) is 19.9. The molecule has 6 heteroatoms. The molecule has 1 aliphatic rings. The monoisotopic (exact) mass is 402 g/mol. The second kappa shape index (κ2) is 8.14. The first-order chi connectivity index (χ1) is 14.5. The van der Waals surface area contributed by atoms with E-state index < -0.39 is 0 Å². The number of nitrogens with one attached hydrogen (secondary N) is 1. The molecule has 0 saturated carbocycles. The summed E-state index contributed by atoms with van der Waals surface area (Å²) in [5.74, 6) is -0.447. The number of anilines is 1. The molecule has 1 N–H and O–H groups in total. The molecule has 2 amide bonds. The summed E-state index contributed by atoms with van der Waals surface area (Å²) >= 11 is 0. The Bertz CT molecular complexity index is 1100. The van der Waals surface area contributed by atoms with Gasteiger partial charge >= 0.3 is 0 Å². The van der Waals surface area contributed by atoms with Crippen molar-refractivity contribution in [2.45, 2.75) is 33.1 Å². The molecule has 1 heterocycles. The smallest absolute Gasteiger partial charge is 0.274 e. The fourth-order valence-electron chi connectivity index (χ4n) is 3.94. The molecule has 0 fully saturated rings. The number of para-hydroxylation sites is 1. The lowest BCUT2D eigenvalue weighted by atomic mass is 10.1. The van der Waals surface area contributed by atoms with Crippen LogP contribution in [0.3, 0.4) is 0 Å². The molecule has 2 aromatic carbocycles. The van der Waals surface area contributed by atoms with Crippen LogP contribution >= 0.6 is 0 Å². The van der Waals surface area contributed by atoms with E-state index in [9.17, 15) is 9.59 Å². The van der Waals surface area contributed by atoms with Crippen LogP contribution in [0.4, 0.5) is 5.69 Å². The zero-order valence-corrected chi connectivity index (χ0v) is 17.6. The molecule has 0 bridgehead atoms. The molecule has 0 radical (unpaired) electrons. The average Bonchev–Trinajstić information content (AvgIpc) is 3.34. The Kier molecular flexibility index (Phi) is 5.40. The third-order valence-electron chi connectivity index (χ3n) is 5.74. The molecule has 0 aliphatic heterocycles. The summed E-state index contributed by atoms with van der Waals surface area (Å²) in [6, 6.07) is 15.6. The van der Waals surface area contributed by atoms with Gasteiger partial charge in [-0.3, -0.25) is 9.59 Å². The molecule has 4 rings (SSSR count). The predicted octanol–water partition coefficient (Wildman–Crippen LogP) is 3.69. The standard InChI is InChI=1S/C24H26N4O2/c1-16-9-7-13-20(17(16)2)25-22(29)15-27(3)24(30)23-19-12-8-14-21(19)28(26-23)18-10-5-4-6-11-18/h4-7,9-11,13H,8,12,14-15H2,1-3H3,(H,25,29). The van der Waals surface area contributed by atoms with Crippen molar-refractivity contribution in [2.24, 2.45) is 0 Å². The number of hydrogen-bond donors (Lipinski definition) is 1. The Morgan fingerprint density at radius 3 is 2.60 bits per heavy atom. The van der Waals surface area contributed by atoms with Crippen LogP contribution in [0.2, 0.25) is 0 Å². The number of hydrogen-bond acceptors (Lipinski definition) is 3. The van der Waals surface area contributed by atoms with Gasteiger partial charge in [-0.05, 0) is 62.4 Å². The summed E-state index contributed by atoms with van der Waals surface area (Å²) in [6.45, 7) is 3.95. The number of aromatic nitrogens is 2. The number of rotatable bonds is 5. The van der Waals surface area contributed by atoms with Gasteiger partial charge in [0.15, 0.2) is 5.69 Å². The maximum Gasteiger partial charge on any atom is 0.274 e. The summed E-state index contributed by atoms with van der Waals surface area (Å²) in [6.07, 6.45) is 2.75. The van der Waals surface area contributed by atoms with E-state index in [1.54, 1.807) is 7.05 Å². The minimum Gasteiger partial charge on any atom is -0.331 e. The van der Waals surface area contributed by atoms with Crippen molar-refractivity contribution in [3.05, 3.63) is 76.6 Å². The van der Waals surface area contributed by atoms with Gasteiger partial charge in [-0.2, -0.15) is 5.10 Å². The van der Waals surface area contributed by atoms with Crippen molar-refractivity contribution in [2.75, 3.05) is 18.9 Å². The van der Waals surface area contributed by atoms with Crippen LogP contribution in [0, 0.1) is 13.8 Å². The Balaban J connectivity index is 1.52. The first-order valence-electron chi connectivity index (χ1n) is 10.2. The molecule has 0 atom stereocenters. The van der Waals surface area contributed by atoms with Gasteiger partial charge in [0.2, 0.25) is 5.91 Å². The van der Waals surface area contributed by atoms with Gasteiger partial charge in [-0.25, -0.2) is 4.68 Å². The zero-order valence-electron chi connectivity index (χ0n) is 17.6. The molecule has 3 aromatic rings. The fraction of sp³-hybridized carbons (Fsp3) is 0.292. The second-order valence-electron chi connectivity index (χ2n) is 7.83. The zero-order chi connectivity index (χ0) is 21.3. The lowest BCUT2D eigenvalue weighted by Crippen LogP contribution is -2.35. The van der Waals surface area contributed by atoms with Crippen LogP contribution in [0.5, 0.6) is 0 Å². The van der Waals surface area contributed by atoms with Gasteiger partial charge in [0, 0.05) is 24.0 Å². The van der Waals surface area contributed by atoms with Crippen molar-refractivity contribution >= 4 is 17.5 Å². The Labute approximate surface area is 176 Å². The van der Waals surface area contributed by atoms with Crippen molar-refractivity contribution < 1.29 is 9.59 Å². The van der Waals surface area contributed by atoms with Crippen molar-refractivity contribution in [3.8, 4) is 5.69 Å². The van der Waals surface area contributed by atoms with Gasteiger partial charge in [-0.15, -0.1) is 0 Å². The van der Waals surface area contributed by atoms with Crippen LogP contribution in [0.1, 0.15) is 39.3 Å². The maximum atomic E-state index is 13.1. The molecule has 0 saturated heterocycles. The SMILES string of the molecule is Cc1cccc(NC(=O)CN(C)C(=O)c2nn(-c3ccccc3)c3c2CCC3)c1C. The number of nitrogens with zero attached hydrogens (tertiary/aromatic N) is 3. The van der Waals surface area contributed by atoms with Gasteiger partial charge in [0.25, 0.3) is 5.91 Å². The Morgan fingerprint density at radius 2 is 1.83 bits per heavy atom. The average molecular weight is 402 g/mol. The van der Waals surface area contributed by atoms with Gasteiger partial charge in [0.05, 0.1) is 12.2 Å². The molecule has 1 aliphatic carbocycles. The molecular formula is C24H26N4O2. The highest BCUT2D eigenvalue weighted by atomic mass is 16.2. The lowest BCUT2D eigenvalue weighted by Gasteiger charge is -2.17. The molecule has 0 unspecified atom stereocenters. The van der Waals surface area contributed by atoms with Crippen LogP contribution in [-0.2, 0) is 17.6 Å². The fourth-order valence-corrected chi connectivity index (χ4v) is 3.94. The Hall–Kier alpha value is -3.41. The third kappa shape index (κ3) is 3.73. The summed E-state index contributed by atoms with van der Waals surface area (Å²) in [4.78, 5) is 27.1. The summed E-state index contributed by atoms with van der Waals surface area (Å²) in [7, 11) is 1.65. The second-order valence-corrected chi connectivity index (χ2v) is 7.83. The van der Waals surface area contributed by atoms with Crippen molar-refractivity contribution in [1.82, 2.24) is 14.7 Å².